The first kappa shape index (κ1) is 26.5. The van der Waals surface area contributed by atoms with Crippen molar-refractivity contribution in [2.75, 3.05) is 26.2 Å². The Kier molecular flexibility index (Phi) is 8.38. The molecule has 0 bridgehead atoms. The van der Waals surface area contributed by atoms with Gasteiger partial charge in [0.1, 0.15) is 5.82 Å². The number of hydrogen-bond acceptors (Lipinski definition) is 4. The molecular weight excluding hydrogens is 490 g/mol. The van der Waals surface area contributed by atoms with Crippen molar-refractivity contribution in [1.82, 2.24) is 19.8 Å². The first-order valence-corrected chi connectivity index (χ1v) is 11.1. The third-order valence-electron chi connectivity index (χ3n) is 6.31. The molecule has 2 aromatic carbocycles. The Labute approximate surface area is 215 Å². The fraction of sp³-hybridized carbons (Fsp3) is 0.231. The molecule has 0 saturated carbocycles. The minimum atomic E-state index is -0.274. The van der Waals surface area contributed by atoms with Gasteiger partial charge in [-0.2, -0.15) is 0 Å². The summed E-state index contributed by atoms with van der Waals surface area (Å²) in [7, 11) is 0. The summed E-state index contributed by atoms with van der Waals surface area (Å²) in [5.74, 6) is -0.509. The number of hydrogen-bond donors (Lipinski definition) is 2. The monoisotopic (exact) mass is 516 g/mol. The Balaban J connectivity index is 0.00000171. The van der Waals surface area contributed by atoms with Crippen LogP contribution in [0.25, 0.3) is 16.6 Å². The highest BCUT2D eigenvalue weighted by Crippen LogP contribution is 2.34. The van der Waals surface area contributed by atoms with Gasteiger partial charge in [-0.25, -0.2) is 9.37 Å². The van der Waals surface area contributed by atoms with Gasteiger partial charge in [0.2, 0.25) is 5.88 Å². The zero-order valence-corrected chi connectivity index (χ0v) is 20.8. The number of para-hydroxylation sites is 1. The topological polar surface area (TPSA) is 70.4 Å². The number of carbonyl (C=O) groups excluding carboxylic acids is 1. The Morgan fingerprint density at radius 2 is 1.80 bits per heavy atom. The van der Waals surface area contributed by atoms with E-state index < -0.39 is 0 Å². The number of benzene rings is 2. The van der Waals surface area contributed by atoms with Crippen molar-refractivity contribution >= 4 is 41.6 Å². The summed E-state index contributed by atoms with van der Waals surface area (Å²) in [5, 5.41) is 14.1. The van der Waals surface area contributed by atoms with Gasteiger partial charge in [0.15, 0.2) is 0 Å². The van der Waals surface area contributed by atoms with E-state index in [1.165, 1.54) is 6.07 Å². The number of aromatic hydroxyl groups is 1. The normalized spacial score (nSPS) is 13.3. The molecule has 1 aliphatic heterocycles. The van der Waals surface area contributed by atoms with Crippen LogP contribution in [-0.2, 0) is 6.42 Å². The van der Waals surface area contributed by atoms with Crippen LogP contribution in [0.4, 0.5) is 4.39 Å². The van der Waals surface area contributed by atoms with Crippen LogP contribution in [0.3, 0.4) is 0 Å². The van der Waals surface area contributed by atoms with E-state index in [9.17, 15) is 14.3 Å². The minimum absolute atomic E-state index is 0. The molecule has 0 unspecified atom stereocenters. The van der Waals surface area contributed by atoms with Gasteiger partial charge in [0, 0.05) is 55.4 Å². The van der Waals surface area contributed by atoms with Crippen molar-refractivity contribution in [1.29, 1.82) is 0 Å². The number of nitrogens with zero attached hydrogens (tertiary/aromatic N) is 3. The van der Waals surface area contributed by atoms with E-state index in [0.717, 1.165) is 35.6 Å². The van der Waals surface area contributed by atoms with Gasteiger partial charge >= 0.3 is 0 Å². The number of pyridine rings is 1. The maximum atomic E-state index is 14.4. The van der Waals surface area contributed by atoms with E-state index in [-0.39, 0.29) is 42.4 Å². The van der Waals surface area contributed by atoms with Gasteiger partial charge in [-0.1, -0.05) is 30.3 Å². The largest absolute Gasteiger partial charge is 0.493 e. The van der Waals surface area contributed by atoms with Crippen LogP contribution >= 0.6 is 24.8 Å². The van der Waals surface area contributed by atoms with Crippen molar-refractivity contribution in [3.63, 3.8) is 0 Å². The molecule has 1 amide bonds. The van der Waals surface area contributed by atoms with E-state index >= 15 is 0 Å². The zero-order valence-electron chi connectivity index (χ0n) is 19.2. The van der Waals surface area contributed by atoms with Crippen LogP contribution in [0.1, 0.15) is 27.2 Å². The molecule has 0 aliphatic carbocycles. The lowest BCUT2D eigenvalue weighted by atomic mass is 9.99. The van der Waals surface area contributed by atoms with Crippen LogP contribution in [0.2, 0.25) is 0 Å². The molecule has 1 saturated heterocycles. The molecule has 2 aromatic heterocycles. The zero-order chi connectivity index (χ0) is 22.9. The molecule has 35 heavy (non-hydrogen) atoms. The maximum absolute atomic E-state index is 14.4. The molecule has 184 valence electrons. The van der Waals surface area contributed by atoms with Crippen LogP contribution in [0.15, 0.2) is 60.8 Å². The standard InChI is InChI=1S/C26H25FN4O2.2ClH/c1-17-18(6-5-9-21(17)27)14-22-25(26(33)30-12-10-28-11-13-30)20-15-24(32)29-16-23(20)31(22)19-7-3-2-4-8-19;;/h2-9,15-16,28H,10-14H2,1H3,(H,29,32);2*1H. The summed E-state index contributed by atoms with van der Waals surface area (Å²) < 4.78 is 16.4. The average molecular weight is 517 g/mol. The highest BCUT2D eigenvalue weighted by Gasteiger charge is 2.28. The van der Waals surface area contributed by atoms with E-state index in [1.807, 2.05) is 45.9 Å². The lowest BCUT2D eigenvalue weighted by Gasteiger charge is -2.28. The van der Waals surface area contributed by atoms with Gasteiger partial charge in [0.25, 0.3) is 5.91 Å². The van der Waals surface area contributed by atoms with E-state index in [0.29, 0.717) is 36.0 Å². The molecule has 1 aliphatic rings. The number of nitrogens with one attached hydrogen (secondary N) is 1. The Hall–Kier alpha value is -3.13. The van der Waals surface area contributed by atoms with E-state index in [1.54, 1.807) is 25.3 Å². The molecular formula is C26H27Cl2FN4O2. The van der Waals surface area contributed by atoms with Crippen molar-refractivity contribution in [2.45, 2.75) is 13.3 Å². The highest BCUT2D eigenvalue weighted by molar-refractivity contribution is 6.09. The molecule has 4 aromatic rings. The van der Waals surface area contributed by atoms with Crippen LogP contribution in [-0.4, -0.2) is 51.6 Å². The minimum Gasteiger partial charge on any atom is -0.493 e. The summed E-state index contributed by atoms with van der Waals surface area (Å²) in [6, 6.07) is 16.3. The van der Waals surface area contributed by atoms with Crippen LogP contribution in [0.5, 0.6) is 5.88 Å². The van der Waals surface area contributed by atoms with Gasteiger partial charge in [-0.15, -0.1) is 24.8 Å². The molecule has 5 rings (SSSR count). The number of amides is 1. The van der Waals surface area contributed by atoms with Gasteiger partial charge < -0.3 is 19.9 Å². The Morgan fingerprint density at radius 3 is 2.51 bits per heavy atom. The molecule has 2 N–H and O–H groups in total. The highest BCUT2D eigenvalue weighted by atomic mass is 35.5. The summed E-state index contributed by atoms with van der Waals surface area (Å²) in [6.45, 7) is 4.42. The summed E-state index contributed by atoms with van der Waals surface area (Å²) in [4.78, 5) is 19.8. The number of rotatable bonds is 4. The SMILES string of the molecule is Cc1c(F)cccc1Cc1c(C(=O)N2CCNCC2)c2cc(O)ncc2n1-c1ccccc1.Cl.Cl. The molecule has 3 heterocycles. The molecule has 9 heteroatoms. The molecule has 6 nitrogen and oxygen atoms in total. The maximum Gasteiger partial charge on any atom is 0.256 e. The third kappa shape index (κ3) is 4.98. The van der Waals surface area contributed by atoms with E-state index in [2.05, 4.69) is 10.3 Å². The van der Waals surface area contributed by atoms with Gasteiger partial charge in [-0.3, -0.25) is 4.79 Å². The van der Waals surface area contributed by atoms with Gasteiger partial charge in [0.05, 0.1) is 17.3 Å². The average Bonchev–Trinajstić information content (AvgIpc) is 3.15. The third-order valence-corrected chi connectivity index (χ3v) is 6.31. The molecule has 0 atom stereocenters. The number of aromatic nitrogens is 2. The van der Waals surface area contributed by atoms with Crippen LogP contribution in [0, 0.1) is 12.7 Å². The van der Waals surface area contributed by atoms with Crippen molar-refractivity contribution in [2.24, 2.45) is 0 Å². The summed E-state index contributed by atoms with van der Waals surface area (Å²) in [5.41, 5.74) is 4.24. The first-order chi connectivity index (χ1) is 16.0. The number of piperazine rings is 1. The number of carbonyl (C=O) groups is 1. The van der Waals surface area contributed by atoms with E-state index in [4.69, 9.17) is 0 Å². The predicted octanol–water partition coefficient (Wildman–Crippen LogP) is 4.66. The molecule has 1 fully saturated rings. The van der Waals surface area contributed by atoms with Crippen molar-refractivity contribution in [3.05, 3.63) is 89.0 Å². The summed E-state index contributed by atoms with van der Waals surface area (Å²) >= 11 is 0. The quantitative estimate of drug-likeness (QED) is 0.413. The number of fused-ring (bicyclic) bond motifs is 1. The second-order valence-electron chi connectivity index (χ2n) is 8.30. The Bertz CT molecular complexity index is 1340. The predicted molar refractivity (Wildman–Crippen MR) is 140 cm³/mol. The lowest BCUT2D eigenvalue weighted by molar-refractivity contribution is 0.0736. The number of halogens is 3. The smallest absolute Gasteiger partial charge is 0.256 e. The fourth-order valence-electron chi connectivity index (χ4n) is 4.56. The fourth-order valence-corrected chi connectivity index (χ4v) is 4.56. The van der Waals surface area contributed by atoms with Crippen LogP contribution < -0.4 is 5.32 Å². The first-order valence-electron chi connectivity index (χ1n) is 11.1. The lowest BCUT2D eigenvalue weighted by Crippen LogP contribution is -2.46. The van der Waals surface area contributed by atoms with Gasteiger partial charge in [-0.05, 0) is 36.2 Å². The molecule has 0 spiro atoms. The van der Waals surface area contributed by atoms with Crippen molar-refractivity contribution < 1.29 is 14.3 Å². The Morgan fingerprint density at radius 1 is 1.09 bits per heavy atom. The van der Waals surface area contributed by atoms with Crippen molar-refractivity contribution in [3.8, 4) is 11.6 Å². The molecule has 0 radical (unpaired) electrons. The second kappa shape index (κ2) is 11.1. The summed E-state index contributed by atoms with van der Waals surface area (Å²) in [6.07, 6.45) is 1.95. The second-order valence-corrected chi connectivity index (χ2v) is 8.30.